The van der Waals surface area contributed by atoms with Crippen LogP contribution in [0.15, 0.2) is 48.5 Å². The van der Waals surface area contributed by atoms with Crippen LogP contribution in [0.5, 0.6) is 0 Å². The first-order valence-electron chi connectivity index (χ1n) is 6.90. The van der Waals surface area contributed by atoms with E-state index in [1.165, 1.54) is 5.56 Å². The molecule has 110 valence electrons. The summed E-state index contributed by atoms with van der Waals surface area (Å²) in [6, 6.07) is 15.4. The van der Waals surface area contributed by atoms with Crippen LogP contribution in [0.2, 0.25) is 5.02 Å². The zero-order chi connectivity index (χ0) is 15.2. The Morgan fingerprint density at radius 3 is 2.57 bits per heavy atom. The van der Waals surface area contributed by atoms with Crippen LogP contribution < -0.4 is 10.6 Å². The molecule has 2 aromatic carbocycles. The highest BCUT2D eigenvalue weighted by atomic mass is 35.5. The Morgan fingerprint density at radius 1 is 1.19 bits per heavy atom. The second-order valence-electron chi connectivity index (χ2n) is 5.07. The van der Waals surface area contributed by atoms with E-state index >= 15 is 0 Å². The summed E-state index contributed by atoms with van der Waals surface area (Å²) in [4.78, 5) is 11.9. The van der Waals surface area contributed by atoms with Crippen LogP contribution >= 0.6 is 11.6 Å². The van der Waals surface area contributed by atoms with Crippen molar-refractivity contribution in [2.45, 2.75) is 19.9 Å². The lowest BCUT2D eigenvalue weighted by Crippen LogP contribution is -2.30. The van der Waals surface area contributed by atoms with Gasteiger partial charge in [-0.15, -0.1) is 0 Å². The first-order chi connectivity index (χ1) is 10.0. The van der Waals surface area contributed by atoms with Crippen LogP contribution in [0.4, 0.5) is 5.69 Å². The summed E-state index contributed by atoms with van der Waals surface area (Å²) in [6.45, 7) is 4.27. The van der Waals surface area contributed by atoms with Crippen molar-refractivity contribution >= 4 is 23.2 Å². The van der Waals surface area contributed by atoms with Crippen molar-refractivity contribution < 1.29 is 4.79 Å². The largest absolute Gasteiger partial charge is 0.325 e. The van der Waals surface area contributed by atoms with Crippen molar-refractivity contribution in [1.82, 2.24) is 5.32 Å². The number of rotatable bonds is 5. The number of anilines is 1. The van der Waals surface area contributed by atoms with Gasteiger partial charge in [0.2, 0.25) is 5.91 Å². The third-order valence-electron chi connectivity index (χ3n) is 3.25. The van der Waals surface area contributed by atoms with Gasteiger partial charge in [-0.3, -0.25) is 4.79 Å². The molecule has 0 aliphatic heterocycles. The van der Waals surface area contributed by atoms with Gasteiger partial charge in [0, 0.05) is 16.8 Å². The SMILES string of the molecule is Cc1ccc(NC(=O)CN[C@H](C)c2cccc(Cl)c2)cc1. The zero-order valence-corrected chi connectivity index (χ0v) is 12.9. The summed E-state index contributed by atoms with van der Waals surface area (Å²) in [5.74, 6) is -0.0623. The van der Waals surface area contributed by atoms with E-state index in [-0.39, 0.29) is 18.5 Å². The summed E-state index contributed by atoms with van der Waals surface area (Å²) in [6.07, 6.45) is 0. The van der Waals surface area contributed by atoms with E-state index in [4.69, 9.17) is 11.6 Å². The number of nitrogens with one attached hydrogen (secondary N) is 2. The maximum absolute atomic E-state index is 11.9. The standard InChI is InChI=1S/C17H19ClN2O/c1-12-6-8-16(9-7-12)20-17(21)11-19-13(2)14-4-3-5-15(18)10-14/h3-10,13,19H,11H2,1-2H3,(H,20,21)/t13-/m1/s1. The lowest BCUT2D eigenvalue weighted by Gasteiger charge is -2.14. The topological polar surface area (TPSA) is 41.1 Å². The molecule has 4 heteroatoms. The molecule has 0 saturated heterocycles. The number of halogens is 1. The Bertz CT molecular complexity index is 610. The van der Waals surface area contributed by atoms with Crippen molar-refractivity contribution in [3.63, 3.8) is 0 Å². The highest BCUT2D eigenvalue weighted by Crippen LogP contribution is 2.17. The van der Waals surface area contributed by atoms with E-state index in [1.807, 2.05) is 62.4 Å². The number of amides is 1. The Labute approximate surface area is 130 Å². The average Bonchev–Trinajstić information content (AvgIpc) is 2.47. The molecule has 1 atom stereocenters. The van der Waals surface area contributed by atoms with Gasteiger partial charge in [0.1, 0.15) is 0 Å². The van der Waals surface area contributed by atoms with Gasteiger partial charge in [-0.25, -0.2) is 0 Å². The van der Waals surface area contributed by atoms with E-state index < -0.39 is 0 Å². The predicted octanol–water partition coefficient (Wildman–Crippen LogP) is 3.94. The van der Waals surface area contributed by atoms with Gasteiger partial charge in [-0.2, -0.15) is 0 Å². The Hall–Kier alpha value is -1.84. The fraction of sp³-hybridized carbons (Fsp3) is 0.235. The number of hydrogen-bond acceptors (Lipinski definition) is 2. The van der Waals surface area contributed by atoms with Gasteiger partial charge in [0.05, 0.1) is 6.54 Å². The fourth-order valence-electron chi connectivity index (χ4n) is 1.98. The molecular formula is C17H19ClN2O. The number of aryl methyl sites for hydroxylation is 1. The van der Waals surface area contributed by atoms with Crippen LogP contribution in [0.1, 0.15) is 24.1 Å². The van der Waals surface area contributed by atoms with Gasteiger partial charge in [0.25, 0.3) is 0 Å². The van der Waals surface area contributed by atoms with E-state index in [1.54, 1.807) is 0 Å². The number of carbonyl (C=O) groups is 1. The molecule has 0 heterocycles. The summed E-state index contributed by atoms with van der Waals surface area (Å²) in [5, 5.41) is 6.75. The average molecular weight is 303 g/mol. The van der Waals surface area contributed by atoms with Crippen LogP contribution in [0.3, 0.4) is 0 Å². The maximum atomic E-state index is 11.9. The van der Waals surface area contributed by atoms with Gasteiger partial charge in [-0.05, 0) is 43.7 Å². The molecule has 0 fully saturated rings. The second kappa shape index (κ2) is 7.25. The minimum absolute atomic E-state index is 0.0623. The van der Waals surface area contributed by atoms with E-state index in [0.29, 0.717) is 5.02 Å². The van der Waals surface area contributed by atoms with Gasteiger partial charge >= 0.3 is 0 Å². The molecule has 0 aliphatic carbocycles. The molecule has 2 N–H and O–H groups in total. The molecule has 2 rings (SSSR count). The van der Waals surface area contributed by atoms with E-state index in [9.17, 15) is 4.79 Å². The molecule has 0 spiro atoms. The third-order valence-corrected chi connectivity index (χ3v) is 3.49. The normalized spacial score (nSPS) is 12.0. The quantitative estimate of drug-likeness (QED) is 0.878. The maximum Gasteiger partial charge on any atom is 0.238 e. The lowest BCUT2D eigenvalue weighted by atomic mass is 10.1. The van der Waals surface area contributed by atoms with E-state index in [0.717, 1.165) is 11.3 Å². The number of benzene rings is 2. The molecule has 0 aliphatic rings. The molecule has 1 amide bonds. The van der Waals surface area contributed by atoms with Gasteiger partial charge < -0.3 is 10.6 Å². The molecule has 0 saturated carbocycles. The molecule has 0 bridgehead atoms. The van der Waals surface area contributed by atoms with Crippen LogP contribution in [0.25, 0.3) is 0 Å². The van der Waals surface area contributed by atoms with Crippen molar-refractivity contribution in [3.05, 3.63) is 64.7 Å². The monoisotopic (exact) mass is 302 g/mol. The summed E-state index contributed by atoms with van der Waals surface area (Å²) in [7, 11) is 0. The van der Waals surface area contributed by atoms with E-state index in [2.05, 4.69) is 10.6 Å². The van der Waals surface area contributed by atoms with Crippen molar-refractivity contribution in [2.24, 2.45) is 0 Å². The van der Waals surface area contributed by atoms with Crippen LogP contribution in [-0.4, -0.2) is 12.5 Å². The molecular weight excluding hydrogens is 284 g/mol. The van der Waals surface area contributed by atoms with Crippen molar-refractivity contribution in [3.8, 4) is 0 Å². The summed E-state index contributed by atoms with van der Waals surface area (Å²) in [5.41, 5.74) is 3.04. The predicted molar refractivity (Wildman–Crippen MR) is 87.7 cm³/mol. The first kappa shape index (κ1) is 15.5. The second-order valence-corrected chi connectivity index (χ2v) is 5.51. The number of carbonyl (C=O) groups excluding carboxylic acids is 1. The Kier molecular flexibility index (Phi) is 5.37. The van der Waals surface area contributed by atoms with Crippen molar-refractivity contribution in [1.29, 1.82) is 0 Å². The Balaban J connectivity index is 1.84. The molecule has 0 radical (unpaired) electrons. The van der Waals surface area contributed by atoms with Crippen LogP contribution in [0, 0.1) is 6.92 Å². The Morgan fingerprint density at radius 2 is 1.90 bits per heavy atom. The minimum atomic E-state index is -0.0623. The fourth-order valence-corrected chi connectivity index (χ4v) is 2.18. The number of hydrogen-bond donors (Lipinski definition) is 2. The smallest absolute Gasteiger partial charge is 0.238 e. The van der Waals surface area contributed by atoms with Gasteiger partial charge in [-0.1, -0.05) is 41.4 Å². The molecule has 2 aromatic rings. The minimum Gasteiger partial charge on any atom is -0.325 e. The third kappa shape index (κ3) is 4.88. The van der Waals surface area contributed by atoms with Crippen LogP contribution in [-0.2, 0) is 4.79 Å². The molecule has 3 nitrogen and oxygen atoms in total. The highest BCUT2D eigenvalue weighted by molar-refractivity contribution is 6.30. The summed E-state index contributed by atoms with van der Waals surface area (Å²) >= 11 is 5.96. The molecule has 0 unspecified atom stereocenters. The zero-order valence-electron chi connectivity index (χ0n) is 12.2. The highest BCUT2D eigenvalue weighted by Gasteiger charge is 2.08. The molecule has 0 aromatic heterocycles. The molecule has 21 heavy (non-hydrogen) atoms. The summed E-state index contributed by atoms with van der Waals surface area (Å²) < 4.78 is 0. The van der Waals surface area contributed by atoms with Crippen molar-refractivity contribution in [2.75, 3.05) is 11.9 Å². The van der Waals surface area contributed by atoms with Gasteiger partial charge in [0.15, 0.2) is 0 Å². The first-order valence-corrected chi connectivity index (χ1v) is 7.28. The lowest BCUT2D eigenvalue weighted by molar-refractivity contribution is -0.115.